The fraction of sp³-hybridized carbons (Fsp3) is 1.00. The molecular weight excluding hydrogens is 192 g/mol. The molecular formula is C7H16N2O3S. The third-order valence-corrected chi connectivity index (χ3v) is 3.87. The van der Waals surface area contributed by atoms with Gasteiger partial charge in [0.1, 0.15) is 0 Å². The highest BCUT2D eigenvalue weighted by Crippen LogP contribution is 2.44. The van der Waals surface area contributed by atoms with Crippen LogP contribution in [0.5, 0.6) is 0 Å². The Morgan fingerprint density at radius 3 is 2.31 bits per heavy atom. The SMILES string of the molecule is CN(C)S(=O)(=O)NCC1(CO)CC1. The average molecular weight is 208 g/mol. The number of aliphatic hydroxyl groups excluding tert-OH is 1. The molecule has 5 nitrogen and oxygen atoms in total. The van der Waals surface area contributed by atoms with Gasteiger partial charge >= 0.3 is 0 Å². The number of nitrogens with zero attached hydrogens (tertiary/aromatic N) is 1. The van der Waals surface area contributed by atoms with Crippen LogP contribution in [-0.4, -0.2) is 45.1 Å². The lowest BCUT2D eigenvalue weighted by atomic mass is 10.1. The first-order chi connectivity index (χ1) is 5.92. The molecule has 0 aromatic rings. The minimum atomic E-state index is -3.33. The van der Waals surface area contributed by atoms with Crippen molar-refractivity contribution in [1.82, 2.24) is 9.03 Å². The summed E-state index contributed by atoms with van der Waals surface area (Å²) in [6.45, 7) is 0.396. The molecule has 0 unspecified atom stereocenters. The molecule has 13 heavy (non-hydrogen) atoms. The molecule has 0 aliphatic heterocycles. The second-order valence-corrected chi connectivity index (χ2v) is 5.74. The van der Waals surface area contributed by atoms with Gasteiger partial charge < -0.3 is 5.11 Å². The maximum absolute atomic E-state index is 11.3. The number of hydrogen-bond acceptors (Lipinski definition) is 3. The van der Waals surface area contributed by atoms with Gasteiger partial charge in [-0.05, 0) is 12.8 Å². The zero-order valence-electron chi connectivity index (χ0n) is 7.95. The Morgan fingerprint density at radius 2 is 2.00 bits per heavy atom. The van der Waals surface area contributed by atoms with Crippen molar-refractivity contribution in [2.24, 2.45) is 5.41 Å². The largest absolute Gasteiger partial charge is 0.396 e. The van der Waals surface area contributed by atoms with Gasteiger partial charge in [0, 0.05) is 32.7 Å². The summed E-state index contributed by atoms with van der Waals surface area (Å²) in [7, 11) is -0.383. The summed E-state index contributed by atoms with van der Waals surface area (Å²) in [4.78, 5) is 0. The van der Waals surface area contributed by atoms with Gasteiger partial charge in [-0.25, -0.2) is 4.72 Å². The van der Waals surface area contributed by atoms with E-state index in [1.807, 2.05) is 0 Å². The topological polar surface area (TPSA) is 69.6 Å². The van der Waals surface area contributed by atoms with Gasteiger partial charge in [-0.15, -0.1) is 0 Å². The van der Waals surface area contributed by atoms with E-state index in [9.17, 15) is 8.42 Å². The van der Waals surface area contributed by atoms with E-state index in [4.69, 9.17) is 5.11 Å². The number of nitrogens with one attached hydrogen (secondary N) is 1. The molecule has 1 aliphatic carbocycles. The number of rotatable bonds is 5. The molecule has 0 bridgehead atoms. The first-order valence-electron chi connectivity index (χ1n) is 4.20. The van der Waals surface area contributed by atoms with Crippen LogP contribution in [0.4, 0.5) is 0 Å². The van der Waals surface area contributed by atoms with E-state index in [2.05, 4.69) is 4.72 Å². The van der Waals surface area contributed by atoms with Crippen molar-refractivity contribution < 1.29 is 13.5 Å². The Labute approximate surface area is 78.9 Å². The van der Waals surface area contributed by atoms with Crippen LogP contribution in [-0.2, 0) is 10.2 Å². The molecule has 1 rings (SSSR count). The van der Waals surface area contributed by atoms with Crippen molar-refractivity contribution in [3.8, 4) is 0 Å². The summed E-state index contributed by atoms with van der Waals surface area (Å²) in [5.74, 6) is 0. The molecule has 1 fully saturated rings. The molecule has 2 N–H and O–H groups in total. The third-order valence-electron chi connectivity index (χ3n) is 2.40. The normalized spacial score (nSPS) is 20.6. The second kappa shape index (κ2) is 3.53. The van der Waals surface area contributed by atoms with Gasteiger partial charge in [0.15, 0.2) is 0 Å². The maximum Gasteiger partial charge on any atom is 0.278 e. The van der Waals surface area contributed by atoms with Gasteiger partial charge in [-0.1, -0.05) is 0 Å². The smallest absolute Gasteiger partial charge is 0.278 e. The fourth-order valence-electron chi connectivity index (χ4n) is 0.941. The second-order valence-electron chi connectivity index (χ2n) is 3.77. The predicted octanol–water partition coefficient (Wildman–Crippen LogP) is -0.845. The fourth-order valence-corrected chi connectivity index (χ4v) is 1.69. The maximum atomic E-state index is 11.3. The van der Waals surface area contributed by atoms with Crippen LogP contribution in [0.15, 0.2) is 0 Å². The molecule has 6 heteroatoms. The van der Waals surface area contributed by atoms with Crippen LogP contribution >= 0.6 is 0 Å². The average Bonchev–Trinajstić information content (AvgIpc) is 2.81. The lowest BCUT2D eigenvalue weighted by molar-refractivity contribution is 0.213. The number of aliphatic hydroxyl groups is 1. The molecule has 0 heterocycles. The van der Waals surface area contributed by atoms with Crippen LogP contribution in [0, 0.1) is 5.41 Å². The molecule has 1 aliphatic rings. The van der Waals surface area contributed by atoms with Crippen LogP contribution < -0.4 is 4.72 Å². The van der Waals surface area contributed by atoms with Crippen molar-refractivity contribution in [2.45, 2.75) is 12.8 Å². The van der Waals surface area contributed by atoms with Crippen LogP contribution in [0.3, 0.4) is 0 Å². The molecule has 1 saturated carbocycles. The van der Waals surface area contributed by atoms with Gasteiger partial charge in [0.2, 0.25) is 0 Å². The first-order valence-corrected chi connectivity index (χ1v) is 5.64. The zero-order chi connectivity index (χ0) is 10.1. The molecule has 0 atom stereocenters. The minimum absolute atomic E-state index is 0.0585. The summed E-state index contributed by atoms with van der Waals surface area (Å²) in [5, 5.41) is 8.94. The van der Waals surface area contributed by atoms with Crippen molar-refractivity contribution in [3.05, 3.63) is 0 Å². The van der Waals surface area contributed by atoms with Crippen molar-refractivity contribution >= 4 is 10.2 Å². The Morgan fingerprint density at radius 1 is 1.46 bits per heavy atom. The highest BCUT2D eigenvalue weighted by Gasteiger charge is 2.42. The van der Waals surface area contributed by atoms with Crippen molar-refractivity contribution in [1.29, 1.82) is 0 Å². The van der Waals surface area contributed by atoms with Gasteiger partial charge in [0.25, 0.3) is 10.2 Å². The monoisotopic (exact) mass is 208 g/mol. The number of hydrogen-bond donors (Lipinski definition) is 2. The molecule has 78 valence electrons. The van der Waals surface area contributed by atoms with E-state index in [1.165, 1.54) is 14.1 Å². The van der Waals surface area contributed by atoms with E-state index in [0.29, 0.717) is 6.54 Å². The zero-order valence-corrected chi connectivity index (χ0v) is 8.76. The molecule has 0 radical (unpaired) electrons. The van der Waals surface area contributed by atoms with Crippen LogP contribution in [0.1, 0.15) is 12.8 Å². The predicted molar refractivity (Wildman–Crippen MR) is 49.4 cm³/mol. The van der Waals surface area contributed by atoms with E-state index >= 15 is 0 Å². The summed E-state index contributed by atoms with van der Waals surface area (Å²) in [6.07, 6.45) is 1.80. The third kappa shape index (κ3) is 2.63. The lowest BCUT2D eigenvalue weighted by Gasteiger charge is -2.16. The van der Waals surface area contributed by atoms with Gasteiger partial charge in [0.05, 0.1) is 0 Å². The van der Waals surface area contributed by atoms with E-state index in [0.717, 1.165) is 17.1 Å². The lowest BCUT2D eigenvalue weighted by Crippen LogP contribution is -2.39. The summed E-state index contributed by atoms with van der Waals surface area (Å²) >= 11 is 0. The molecule has 0 spiro atoms. The summed E-state index contributed by atoms with van der Waals surface area (Å²) in [6, 6.07) is 0. The highest BCUT2D eigenvalue weighted by molar-refractivity contribution is 7.87. The van der Waals surface area contributed by atoms with Gasteiger partial charge in [-0.2, -0.15) is 12.7 Å². The van der Waals surface area contributed by atoms with E-state index in [-0.39, 0.29) is 12.0 Å². The Kier molecular flexibility index (Phi) is 2.96. The quantitative estimate of drug-likeness (QED) is 0.618. The van der Waals surface area contributed by atoms with Gasteiger partial charge in [-0.3, -0.25) is 0 Å². The van der Waals surface area contributed by atoms with Crippen LogP contribution in [0.25, 0.3) is 0 Å². The molecule has 0 aromatic carbocycles. The van der Waals surface area contributed by atoms with Crippen LogP contribution in [0.2, 0.25) is 0 Å². The summed E-state index contributed by atoms with van der Waals surface area (Å²) in [5.41, 5.74) is -0.178. The summed E-state index contributed by atoms with van der Waals surface area (Å²) < 4.78 is 26.1. The molecule has 0 aromatic heterocycles. The Balaban J connectivity index is 2.43. The Bertz CT molecular complexity index is 269. The standard InChI is InChI=1S/C7H16N2O3S/c1-9(2)13(11,12)8-5-7(6-10)3-4-7/h8,10H,3-6H2,1-2H3. The highest BCUT2D eigenvalue weighted by atomic mass is 32.2. The van der Waals surface area contributed by atoms with Crippen molar-refractivity contribution in [2.75, 3.05) is 27.2 Å². The minimum Gasteiger partial charge on any atom is -0.396 e. The van der Waals surface area contributed by atoms with E-state index in [1.54, 1.807) is 0 Å². The van der Waals surface area contributed by atoms with E-state index < -0.39 is 10.2 Å². The molecule has 0 saturated heterocycles. The molecule has 0 amide bonds. The first kappa shape index (κ1) is 10.9. The Hall–Kier alpha value is -0.170. The van der Waals surface area contributed by atoms with Crippen molar-refractivity contribution in [3.63, 3.8) is 0 Å².